The van der Waals surface area contributed by atoms with Crippen molar-refractivity contribution in [3.05, 3.63) is 89.5 Å². The number of aromatic nitrogens is 3. The van der Waals surface area contributed by atoms with Crippen LogP contribution in [0.4, 0.5) is 0 Å². The SMILES string of the molecule is CNC(=O)c1ncn2c1ccc1c(CCN3CCC(c4cccc5nc(C)ccc45)CC3)cccc12.Cl.Cl. The third-order valence-corrected chi connectivity index (χ3v) is 7.72. The summed E-state index contributed by atoms with van der Waals surface area (Å²) < 4.78 is 2.02. The van der Waals surface area contributed by atoms with Gasteiger partial charge in [-0.1, -0.05) is 36.4 Å². The largest absolute Gasteiger partial charge is 0.354 e. The minimum Gasteiger partial charge on any atom is -0.354 e. The van der Waals surface area contributed by atoms with Crippen LogP contribution in [-0.4, -0.2) is 51.9 Å². The average Bonchev–Trinajstić information content (AvgIpc) is 3.36. The van der Waals surface area contributed by atoms with Gasteiger partial charge in [-0.3, -0.25) is 14.2 Å². The Labute approximate surface area is 235 Å². The van der Waals surface area contributed by atoms with Gasteiger partial charge in [0.2, 0.25) is 0 Å². The highest BCUT2D eigenvalue weighted by Gasteiger charge is 2.22. The molecule has 6 nitrogen and oxygen atoms in total. The number of hydrogen-bond donors (Lipinski definition) is 1. The molecule has 8 heteroatoms. The minimum absolute atomic E-state index is 0. The second-order valence-corrected chi connectivity index (χ2v) is 9.84. The fourth-order valence-electron chi connectivity index (χ4n) is 5.77. The molecule has 1 amide bonds. The van der Waals surface area contributed by atoms with E-state index >= 15 is 0 Å². The zero-order chi connectivity index (χ0) is 24.6. The van der Waals surface area contributed by atoms with E-state index in [9.17, 15) is 4.79 Å². The van der Waals surface area contributed by atoms with E-state index in [1.54, 1.807) is 13.4 Å². The Balaban J connectivity index is 0.00000168. The normalized spacial score (nSPS) is 14.4. The molecule has 0 unspecified atom stereocenters. The molecule has 5 aromatic rings. The van der Waals surface area contributed by atoms with Gasteiger partial charge in [0.1, 0.15) is 6.33 Å². The zero-order valence-electron chi connectivity index (χ0n) is 21.7. The second-order valence-electron chi connectivity index (χ2n) is 9.84. The van der Waals surface area contributed by atoms with E-state index in [-0.39, 0.29) is 30.7 Å². The van der Waals surface area contributed by atoms with Crippen molar-refractivity contribution in [2.24, 2.45) is 0 Å². The van der Waals surface area contributed by atoms with Crippen LogP contribution in [-0.2, 0) is 6.42 Å². The van der Waals surface area contributed by atoms with E-state index < -0.39 is 0 Å². The molecule has 0 aliphatic carbocycles. The van der Waals surface area contributed by atoms with Crippen molar-refractivity contribution in [2.45, 2.75) is 32.1 Å². The summed E-state index contributed by atoms with van der Waals surface area (Å²) in [6.45, 7) is 5.34. The molecule has 1 aliphatic rings. The van der Waals surface area contributed by atoms with Gasteiger partial charge in [-0.25, -0.2) is 4.98 Å². The predicted molar refractivity (Wildman–Crippen MR) is 159 cm³/mol. The summed E-state index contributed by atoms with van der Waals surface area (Å²) in [6.07, 6.45) is 5.11. The third-order valence-electron chi connectivity index (χ3n) is 7.72. The number of nitrogens with zero attached hydrogens (tertiary/aromatic N) is 4. The molecular weight excluding hydrogens is 517 g/mol. The first-order valence-corrected chi connectivity index (χ1v) is 12.8. The van der Waals surface area contributed by atoms with Crippen LogP contribution in [0.25, 0.3) is 27.3 Å². The van der Waals surface area contributed by atoms with Crippen LogP contribution in [0.15, 0.2) is 67.0 Å². The lowest BCUT2D eigenvalue weighted by Gasteiger charge is -2.32. The molecule has 0 bridgehead atoms. The van der Waals surface area contributed by atoms with Gasteiger partial charge in [-0.2, -0.15) is 0 Å². The molecule has 1 saturated heterocycles. The number of fused-ring (bicyclic) bond motifs is 4. The van der Waals surface area contributed by atoms with E-state index in [1.165, 1.54) is 34.7 Å². The standard InChI is InChI=1S/C30H31N5O.2ClH/c1-20-9-10-25-23(6-4-7-26(25)33-20)22-14-17-34(18-15-22)16-13-21-5-3-8-27-24(21)11-12-28-29(30(36)31-2)32-19-35(27)28;;/h3-12,19,22H,13-18H2,1-2H3,(H,31,36);2*1H. The molecule has 1 fully saturated rings. The molecule has 2 aromatic carbocycles. The first kappa shape index (κ1) is 27.8. The van der Waals surface area contributed by atoms with Gasteiger partial charge in [0, 0.05) is 30.1 Å². The molecule has 1 aliphatic heterocycles. The average molecular weight is 551 g/mol. The van der Waals surface area contributed by atoms with Crippen LogP contribution in [0.3, 0.4) is 0 Å². The van der Waals surface area contributed by atoms with E-state index in [0.29, 0.717) is 11.6 Å². The fourth-order valence-corrected chi connectivity index (χ4v) is 5.77. The van der Waals surface area contributed by atoms with Crippen LogP contribution in [0, 0.1) is 6.92 Å². The number of likely N-dealkylation sites (tertiary alicyclic amines) is 1. The highest BCUT2D eigenvalue weighted by Crippen LogP contribution is 2.33. The fraction of sp³-hybridized carbons (Fsp3) is 0.300. The number of nitrogens with one attached hydrogen (secondary N) is 1. The van der Waals surface area contributed by atoms with Crippen molar-refractivity contribution >= 4 is 58.0 Å². The smallest absolute Gasteiger partial charge is 0.271 e. The molecule has 4 heterocycles. The summed E-state index contributed by atoms with van der Waals surface area (Å²) in [5, 5.41) is 5.21. The van der Waals surface area contributed by atoms with Gasteiger partial charge in [0.25, 0.3) is 5.91 Å². The number of benzene rings is 2. The van der Waals surface area contributed by atoms with Crippen molar-refractivity contribution in [3.8, 4) is 0 Å². The molecule has 198 valence electrons. The molecule has 1 N–H and O–H groups in total. The Morgan fingerprint density at radius 2 is 1.71 bits per heavy atom. The van der Waals surface area contributed by atoms with Gasteiger partial charge in [-0.05, 0) is 80.6 Å². The Bertz CT molecular complexity index is 1590. The predicted octanol–water partition coefficient (Wildman–Crippen LogP) is 5.97. The third kappa shape index (κ3) is 5.08. The first-order chi connectivity index (χ1) is 17.6. The Hall–Kier alpha value is -3.19. The van der Waals surface area contributed by atoms with Crippen molar-refractivity contribution in [1.29, 1.82) is 0 Å². The van der Waals surface area contributed by atoms with Crippen molar-refractivity contribution in [1.82, 2.24) is 24.6 Å². The molecule has 0 atom stereocenters. The first-order valence-electron chi connectivity index (χ1n) is 12.8. The lowest BCUT2D eigenvalue weighted by Crippen LogP contribution is -2.34. The monoisotopic (exact) mass is 549 g/mol. The second kappa shape index (κ2) is 11.7. The lowest BCUT2D eigenvalue weighted by atomic mass is 9.87. The summed E-state index contributed by atoms with van der Waals surface area (Å²) in [7, 11) is 1.63. The maximum absolute atomic E-state index is 12.2. The summed E-state index contributed by atoms with van der Waals surface area (Å²) in [5.74, 6) is 0.433. The van der Waals surface area contributed by atoms with Crippen LogP contribution >= 0.6 is 24.8 Å². The summed E-state index contributed by atoms with van der Waals surface area (Å²) >= 11 is 0. The number of pyridine rings is 2. The number of halogens is 2. The number of piperidine rings is 1. The van der Waals surface area contributed by atoms with E-state index in [4.69, 9.17) is 4.98 Å². The van der Waals surface area contributed by atoms with E-state index in [1.807, 2.05) is 10.5 Å². The van der Waals surface area contributed by atoms with E-state index in [2.05, 4.69) is 76.7 Å². The molecule has 3 aromatic heterocycles. The van der Waals surface area contributed by atoms with E-state index in [0.717, 1.165) is 48.3 Å². The number of rotatable bonds is 5. The zero-order valence-corrected chi connectivity index (χ0v) is 23.3. The summed E-state index contributed by atoms with van der Waals surface area (Å²) in [5.41, 5.74) is 7.36. The quantitative estimate of drug-likeness (QED) is 0.293. The molecule has 0 saturated carbocycles. The van der Waals surface area contributed by atoms with Gasteiger partial charge >= 0.3 is 0 Å². The molecule has 0 radical (unpaired) electrons. The van der Waals surface area contributed by atoms with Crippen molar-refractivity contribution in [2.75, 3.05) is 26.7 Å². The number of carbonyl (C=O) groups is 1. The summed E-state index contributed by atoms with van der Waals surface area (Å²) in [4.78, 5) is 23.9. The molecular formula is C30H33Cl2N5O. The molecule has 38 heavy (non-hydrogen) atoms. The van der Waals surface area contributed by atoms with Crippen LogP contribution in [0.2, 0.25) is 0 Å². The van der Waals surface area contributed by atoms with Gasteiger partial charge < -0.3 is 10.2 Å². The number of amides is 1. The molecule has 6 rings (SSSR count). The van der Waals surface area contributed by atoms with Crippen LogP contribution < -0.4 is 5.32 Å². The van der Waals surface area contributed by atoms with Gasteiger partial charge in [-0.15, -0.1) is 24.8 Å². The summed E-state index contributed by atoms with van der Waals surface area (Å²) in [6, 6.07) is 21.5. The minimum atomic E-state index is -0.161. The Morgan fingerprint density at radius 3 is 2.50 bits per heavy atom. The van der Waals surface area contributed by atoms with Gasteiger partial charge in [0.05, 0.1) is 16.6 Å². The Morgan fingerprint density at radius 1 is 0.947 bits per heavy atom. The topological polar surface area (TPSA) is 62.5 Å². The lowest BCUT2D eigenvalue weighted by molar-refractivity contribution is 0.0960. The number of hydrogen-bond acceptors (Lipinski definition) is 4. The Kier molecular flexibility index (Phi) is 8.56. The number of imidazole rings is 1. The van der Waals surface area contributed by atoms with Gasteiger partial charge in [0.15, 0.2) is 5.69 Å². The highest BCUT2D eigenvalue weighted by atomic mass is 35.5. The maximum atomic E-state index is 12.2. The number of aryl methyl sites for hydroxylation is 1. The molecule has 0 spiro atoms. The number of carbonyl (C=O) groups excluding carboxylic acids is 1. The van der Waals surface area contributed by atoms with Crippen LogP contribution in [0.1, 0.15) is 46.1 Å². The van der Waals surface area contributed by atoms with Crippen molar-refractivity contribution < 1.29 is 4.79 Å². The maximum Gasteiger partial charge on any atom is 0.271 e. The van der Waals surface area contributed by atoms with Crippen LogP contribution in [0.5, 0.6) is 0 Å². The van der Waals surface area contributed by atoms with Crippen molar-refractivity contribution in [3.63, 3.8) is 0 Å². The highest BCUT2D eigenvalue weighted by molar-refractivity contribution is 6.00.